The lowest BCUT2D eigenvalue weighted by molar-refractivity contribution is 0.0623. The van der Waals surface area contributed by atoms with E-state index in [4.69, 9.17) is 5.73 Å². The molecule has 1 fully saturated rings. The Morgan fingerprint density at radius 1 is 1.08 bits per heavy atom. The Kier molecular flexibility index (Phi) is 5.58. The molecule has 1 aliphatic rings. The van der Waals surface area contributed by atoms with Crippen LogP contribution in [0.5, 0.6) is 0 Å². The van der Waals surface area contributed by atoms with E-state index < -0.39 is 10.0 Å². The van der Waals surface area contributed by atoms with E-state index in [-0.39, 0.29) is 16.8 Å². The highest BCUT2D eigenvalue weighted by molar-refractivity contribution is 7.92. The molecule has 3 N–H and O–H groups in total. The fourth-order valence-corrected chi connectivity index (χ4v) is 4.23. The van der Waals surface area contributed by atoms with Crippen LogP contribution in [0.25, 0.3) is 0 Å². The first-order valence-corrected chi connectivity index (χ1v) is 10.2. The minimum absolute atomic E-state index is 0.0550. The van der Waals surface area contributed by atoms with Crippen molar-refractivity contribution in [2.75, 3.05) is 17.8 Å². The standard InChI is InChI=1S/C19H23N3O3S/c20-14-17-8-4-5-13-22(17)19(23)15-9-11-18(12-10-15)26(24,25)21-16-6-2-1-3-7-16/h1-3,6-7,9-12,17,21H,4-5,8,13-14,20H2. The maximum Gasteiger partial charge on any atom is 0.261 e. The van der Waals surface area contributed by atoms with Gasteiger partial charge in [-0.25, -0.2) is 8.42 Å². The first kappa shape index (κ1) is 18.4. The largest absolute Gasteiger partial charge is 0.334 e. The second-order valence-corrected chi connectivity index (χ2v) is 8.06. The van der Waals surface area contributed by atoms with Crippen molar-refractivity contribution in [2.45, 2.75) is 30.2 Å². The minimum atomic E-state index is -3.69. The van der Waals surface area contributed by atoms with Gasteiger partial charge < -0.3 is 10.6 Å². The molecular weight excluding hydrogens is 350 g/mol. The molecule has 1 aliphatic heterocycles. The molecule has 7 heteroatoms. The zero-order valence-corrected chi connectivity index (χ0v) is 15.3. The molecule has 0 aromatic heterocycles. The summed E-state index contributed by atoms with van der Waals surface area (Å²) in [5.41, 5.74) is 6.75. The Morgan fingerprint density at radius 2 is 1.77 bits per heavy atom. The third kappa shape index (κ3) is 4.05. The molecule has 0 saturated carbocycles. The van der Waals surface area contributed by atoms with Gasteiger partial charge in [-0.1, -0.05) is 18.2 Å². The van der Waals surface area contributed by atoms with Gasteiger partial charge in [0.1, 0.15) is 0 Å². The molecule has 2 aromatic rings. The summed E-state index contributed by atoms with van der Waals surface area (Å²) in [6.45, 7) is 1.13. The zero-order chi connectivity index (χ0) is 18.6. The van der Waals surface area contributed by atoms with Gasteiger partial charge in [0.2, 0.25) is 0 Å². The highest BCUT2D eigenvalue weighted by Gasteiger charge is 2.26. The van der Waals surface area contributed by atoms with E-state index in [1.54, 1.807) is 41.3 Å². The van der Waals surface area contributed by atoms with Crippen LogP contribution in [0.15, 0.2) is 59.5 Å². The molecule has 1 heterocycles. The molecule has 0 aliphatic carbocycles. The van der Waals surface area contributed by atoms with E-state index in [1.807, 2.05) is 6.07 Å². The predicted molar refractivity (Wildman–Crippen MR) is 101 cm³/mol. The molecule has 0 spiro atoms. The van der Waals surface area contributed by atoms with E-state index in [0.29, 0.717) is 24.3 Å². The van der Waals surface area contributed by atoms with Crippen molar-refractivity contribution < 1.29 is 13.2 Å². The van der Waals surface area contributed by atoms with Gasteiger partial charge in [0.15, 0.2) is 0 Å². The number of anilines is 1. The van der Waals surface area contributed by atoms with E-state index in [2.05, 4.69) is 4.72 Å². The third-order valence-corrected chi connectivity index (χ3v) is 5.99. The molecule has 0 radical (unpaired) electrons. The number of carbonyl (C=O) groups excluding carboxylic acids is 1. The maximum absolute atomic E-state index is 12.7. The van der Waals surface area contributed by atoms with Crippen LogP contribution in [-0.2, 0) is 10.0 Å². The molecule has 1 atom stereocenters. The van der Waals surface area contributed by atoms with Crippen molar-refractivity contribution in [1.82, 2.24) is 4.90 Å². The van der Waals surface area contributed by atoms with Gasteiger partial charge >= 0.3 is 0 Å². The number of benzene rings is 2. The Labute approximate surface area is 154 Å². The minimum Gasteiger partial charge on any atom is -0.334 e. The molecule has 3 rings (SSSR count). The van der Waals surface area contributed by atoms with E-state index in [1.165, 1.54) is 12.1 Å². The summed E-state index contributed by atoms with van der Waals surface area (Å²) in [4.78, 5) is 14.6. The van der Waals surface area contributed by atoms with Crippen LogP contribution in [0.3, 0.4) is 0 Å². The molecule has 138 valence electrons. The van der Waals surface area contributed by atoms with Crippen LogP contribution in [0.1, 0.15) is 29.6 Å². The van der Waals surface area contributed by atoms with Gasteiger partial charge in [0.25, 0.3) is 15.9 Å². The Balaban J connectivity index is 1.76. The van der Waals surface area contributed by atoms with Crippen molar-refractivity contribution in [1.29, 1.82) is 0 Å². The van der Waals surface area contributed by atoms with Crippen LogP contribution in [-0.4, -0.2) is 38.4 Å². The van der Waals surface area contributed by atoms with Gasteiger partial charge in [-0.3, -0.25) is 9.52 Å². The lowest BCUT2D eigenvalue weighted by atomic mass is 10.0. The van der Waals surface area contributed by atoms with Crippen LogP contribution < -0.4 is 10.5 Å². The Morgan fingerprint density at radius 3 is 2.42 bits per heavy atom. The van der Waals surface area contributed by atoms with E-state index >= 15 is 0 Å². The monoisotopic (exact) mass is 373 g/mol. The maximum atomic E-state index is 12.7. The lowest BCUT2D eigenvalue weighted by Crippen LogP contribution is -2.47. The smallest absolute Gasteiger partial charge is 0.261 e. The van der Waals surface area contributed by atoms with E-state index in [0.717, 1.165) is 19.3 Å². The number of likely N-dealkylation sites (tertiary alicyclic amines) is 1. The van der Waals surface area contributed by atoms with Gasteiger partial charge in [-0.2, -0.15) is 0 Å². The molecule has 6 nitrogen and oxygen atoms in total. The molecule has 1 saturated heterocycles. The van der Waals surface area contributed by atoms with Gasteiger partial charge in [-0.15, -0.1) is 0 Å². The predicted octanol–water partition coefficient (Wildman–Crippen LogP) is 2.44. The third-order valence-electron chi connectivity index (χ3n) is 4.60. The summed E-state index contributed by atoms with van der Waals surface area (Å²) in [5, 5.41) is 0. The fourth-order valence-electron chi connectivity index (χ4n) is 3.18. The number of rotatable bonds is 5. The average Bonchev–Trinajstić information content (AvgIpc) is 2.68. The second-order valence-electron chi connectivity index (χ2n) is 6.38. The summed E-state index contributed by atoms with van der Waals surface area (Å²) in [6, 6.07) is 14.8. The molecule has 0 bridgehead atoms. The van der Waals surface area contributed by atoms with Crippen LogP contribution in [0.2, 0.25) is 0 Å². The molecule has 1 amide bonds. The highest BCUT2D eigenvalue weighted by atomic mass is 32.2. The fraction of sp³-hybridized carbons (Fsp3) is 0.316. The number of nitrogens with one attached hydrogen (secondary N) is 1. The van der Waals surface area contributed by atoms with Crippen LogP contribution in [0, 0.1) is 0 Å². The summed E-state index contributed by atoms with van der Waals surface area (Å²) in [5.74, 6) is -0.0971. The van der Waals surface area contributed by atoms with Crippen LogP contribution >= 0.6 is 0 Å². The summed E-state index contributed by atoms with van der Waals surface area (Å²) in [7, 11) is -3.69. The van der Waals surface area contributed by atoms with E-state index in [9.17, 15) is 13.2 Å². The van der Waals surface area contributed by atoms with Crippen molar-refractivity contribution in [2.24, 2.45) is 5.73 Å². The van der Waals surface area contributed by atoms with Crippen molar-refractivity contribution in [3.05, 3.63) is 60.2 Å². The second kappa shape index (κ2) is 7.88. The molecular formula is C19H23N3O3S. The Bertz CT molecular complexity index is 851. The first-order valence-electron chi connectivity index (χ1n) is 8.70. The number of sulfonamides is 1. The quantitative estimate of drug-likeness (QED) is 0.842. The number of nitrogens with two attached hydrogens (primary N) is 1. The summed E-state index contributed by atoms with van der Waals surface area (Å²) < 4.78 is 27.4. The van der Waals surface area contributed by atoms with Gasteiger partial charge in [-0.05, 0) is 55.7 Å². The van der Waals surface area contributed by atoms with Gasteiger partial charge in [0, 0.05) is 30.4 Å². The lowest BCUT2D eigenvalue weighted by Gasteiger charge is -2.35. The van der Waals surface area contributed by atoms with Crippen molar-refractivity contribution in [3.63, 3.8) is 0 Å². The molecule has 1 unspecified atom stereocenters. The topological polar surface area (TPSA) is 92.5 Å². The van der Waals surface area contributed by atoms with Crippen molar-refractivity contribution in [3.8, 4) is 0 Å². The SMILES string of the molecule is NCC1CCCCN1C(=O)c1ccc(S(=O)(=O)Nc2ccccc2)cc1. The number of hydrogen-bond donors (Lipinski definition) is 2. The number of piperidine rings is 1. The first-order chi connectivity index (χ1) is 12.5. The highest BCUT2D eigenvalue weighted by Crippen LogP contribution is 2.21. The summed E-state index contributed by atoms with van der Waals surface area (Å²) >= 11 is 0. The average molecular weight is 373 g/mol. The normalized spacial score (nSPS) is 17.7. The number of carbonyl (C=O) groups is 1. The number of hydrogen-bond acceptors (Lipinski definition) is 4. The summed E-state index contributed by atoms with van der Waals surface area (Å²) in [6.07, 6.45) is 2.96. The zero-order valence-electron chi connectivity index (χ0n) is 14.5. The number of amides is 1. The van der Waals surface area contributed by atoms with Crippen molar-refractivity contribution >= 4 is 21.6 Å². The van der Waals surface area contributed by atoms with Crippen LogP contribution in [0.4, 0.5) is 5.69 Å². The van der Waals surface area contributed by atoms with Gasteiger partial charge in [0.05, 0.1) is 4.90 Å². The molecule has 26 heavy (non-hydrogen) atoms. The Hall–Kier alpha value is -2.38. The number of nitrogens with zero attached hydrogens (tertiary/aromatic N) is 1. The molecule has 2 aromatic carbocycles. The number of para-hydroxylation sites is 1.